The molecule has 4 fully saturated rings. The van der Waals surface area contributed by atoms with Gasteiger partial charge in [-0.2, -0.15) is 0 Å². The van der Waals surface area contributed by atoms with Gasteiger partial charge in [-0.1, -0.05) is 0 Å². The molecular weight excluding hydrogens is 348 g/mol. The summed E-state index contributed by atoms with van der Waals surface area (Å²) in [6, 6.07) is -0.264. The van der Waals surface area contributed by atoms with Crippen LogP contribution in [-0.4, -0.2) is 86.2 Å². The van der Waals surface area contributed by atoms with Gasteiger partial charge in [0.1, 0.15) is 0 Å². The smallest absolute Gasteiger partial charge is 0.228 e. The molecule has 8 nitrogen and oxygen atoms in total. The number of carbonyl (C=O) groups excluding carboxylic acids is 2. The molecule has 0 radical (unpaired) electrons. The molecule has 0 aromatic heterocycles. The second-order valence-electron chi connectivity index (χ2n) is 7.44. The van der Waals surface area contributed by atoms with Crippen LogP contribution in [0.4, 0.5) is 0 Å². The molecule has 0 bridgehead atoms. The van der Waals surface area contributed by atoms with Crippen molar-refractivity contribution in [1.29, 1.82) is 0 Å². The number of hydrogen-bond donors (Lipinski definition) is 0. The second kappa shape index (κ2) is 6.21. The highest BCUT2D eigenvalue weighted by atomic mass is 32.2. The molecular formula is C16H24N2O6S. The van der Waals surface area contributed by atoms with Crippen molar-refractivity contribution in [2.75, 3.05) is 44.4 Å². The Bertz CT molecular complexity index is 662. The first kappa shape index (κ1) is 17.2. The van der Waals surface area contributed by atoms with Crippen molar-refractivity contribution in [1.82, 2.24) is 9.80 Å². The molecule has 0 aliphatic carbocycles. The van der Waals surface area contributed by atoms with Crippen LogP contribution >= 0.6 is 0 Å². The summed E-state index contributed by atoms with van der Waals surface area (Å²) in [6.45, 7) is 2.68. The van der Waals surface area contributed by atoms with Crippen LogP contribution in [0.15, 0.2) is 0 Å². The third kappa shape index (κ3) is 3.29. The van der Waals surface area contributed by atoms with Crippen molar-refractivity contribution in [3.63, 3.8) is 0 Å². The van der Waals surface area contributed by atoms with Crippen LogP contribution in [0.5, 0.6) is 0 Å². The van der Waals surface area contributed by atoms with Crippen LogP contribution in [-0.2, 0) is 28.9 Å². The predicted molar refractivity (Wildman–Crippen MR) is 87.3 cm³/mol. The maximum Gasteiger partial charge on any atom is 0.228 e. The molecule has 9 heteroatoms. The molecule has 2 unspecified atom stereocenters. The summed E-state index contributed by atoms with van der Waals surface area (Å²) >= 11 is 0. The van der Waals surface area contributed by atoms with Crippen LogP contribution in [0.25, 0.3) is 0 Å². The monoisotopic (exact) mass is 372 g/mol. The van der Waals surface area contributed by atoms with Gasteiger partial charge in [0.2, 0.25) is 11.8 Å². The molecule has 4 aliphatic rings. The van der Waals surface area contributed by atoms with Crippen LogP contribution in [0.1, 0.15) is 25.7 Å². The predicted octanol–water partition coefficient (Wildman–Crippen LogP) is -0.612. The normalized spacial score (nSPS) is 34.2. The van der Waals surface area contributed by atoms with Crippen molar-refractivity contribution in [3.05, 3.63) is 0 Å². The van der Waals surface area contributed by atoms with E-state index in [0.717, 1.165) is 0 Å². The number of nitrogens with zero attached hydrogens (tertiary/aromatic N) is 2. The van der Waals surface area contributed by atoms with Crippen molar-refractivity contribution >= 4 is 21.7 Å². The van der Waals surface area contributed by atoms with E-state index >= 15 is 0 Å². The molecule has 140 valence electrons. The third-order valence-corrected chi connectivity index (χ3v) is 7.56. The van der Waals surface area contributed by atoms with Gasteiger partial charge in [0.05, 0.1) is 30.6 Å². The van der Waals surface area contributed by atoms with E-state index in [9.17, 15) is 18.0 Å². The minimum absolute atomic E-state index is 0.00967. The van der Waals surface area contributed by atoms with Crippen LogP contribution in [0.2, 0.25) is 0 Å². The topological polar surface area (TPSA) is 93.2 Å². The number of piperidine rings is 1. The summed E-state index contributed by atoms with van der Waals surface area (Å²) in [5.41, 5.74) is 0. The molecule has 1 spiro atoms. The van der Waals surface area contributed by atoms with Gasteiger partial charge < -0.3 is 19.3 Å². The van der Waals surface area contributed by atoms with Gasteiger partial charge >= 0.3 is 0 Å². The molecule has 4 rings (SSSR count). The summed E-state index contributed by atoms with van der Waals surface area (Å²) in [6.07, 6.45) is 1.98. The Morgan fingerprint density at radius 3 is 2.44 bits per heavy atom. The summed E-state index contributed by atoms with van der Waals surface area (Å²) in [7, 11) is -3.04. The highest BCUT2D eigenvalue weighted by molar-refractivity contribution is 7.91. The lowest BCUT2D eigenvalue weighted by Crippen LogP contribution is -2.49. The molecule has 4 saturated heterocycles. The first-order valence-electron chi connectivity index (χ1n) is 8.94. The van der Waals surface area contributed by atoms with Crippen molar-refractivity contribution in [2.45, 2.75) is 37.5 Å². The lowest BCUT2D eigenvalue weighted by molar-refractivity contribution is -0.188. The number of likely N-dealkylation sites (tertiary alicyclic amines) is 2. The van der Waals surface area contributed by atoms with Gasteiger partial charge in [-0.3, -0.25) is 9.59 Å². The summed E-state index contributed by atoms with van der Waals surface area (Å²) in [5, 5.41) is 0. The van der Waals surface area contributed by atoms with Crippen molar-refractivity contribution < 1.29 is 27.5 Å². The Kier molecular flexibility index (Phi) is 4.28. The van der Waals surface area contributed by atoms with E-state index in [1.807, 2.05) is 0 Å². The number of amides is 2. The van der Waals surface area contributed by atoms with E-state index in [2.05, 4.69) is 0 Å². The molecule has 0 N–H and O–H groups in total. The maximum absolute atomic E-state index is 12.8. The highest BCUT2D eigenvalue weighted by Crippen LogP contribution is 2.33. The average Bonchev–Trinajstić information content (AvgIpc) is 3.27. The lowest BCUT2D eigenvalue weighted by atomic mass is 10.0. The molecule has 25 heavy (non-hydrogen) atoms. The minimum atomic E-state index is -3.04. The van der Waals surface area contributed by atoms with Crippen LogP contribution < -0.4 is 0 Å². The first-order valence-corrected chi connectivity index (χ1v) is 10.8. The Balaban J connectivity index is 1.35. The minimum Gasteiger partial charge on any atom is -0.347 e. The van der Waals surface area contributed by atoms with Crippen molar-refractivity contribution in [3.8, 4) is 0 Å². The van der Waals surface area contributed by atoms with Gasteiger partial charge in [-0.05, 0) is 6.42 Å². The van der Waals surface area contributed by atoms with Crippen molar-refractivity contribution in [2.24, 2.45) is 5.92 Å². The largest absolute Gasteiger partial charge is 0.347 e. The maximum atomic E-state index is 12.8. The fourth-order valence-corrected chi connectivity index (χ4v) is 6.11. The Labute approximate surface area is 147 Å². The van der Waals surface area contributed by atoms with Crippen LogP contribution in [0, 0.1) is 5.92 Å². The van der Waals surface area contributed by atoms with E-state index < -0.39 is 15.6 Å². The van der Waals surface area contributed by atoms with Gasteiger partial charge in [0.15, 0.2) is 15.6 Å². The molecule has 0 saturated carbocycles. The molecule has 4 heterocycles. The zero-order valence-corrected chi connectivity index (χ0v) is 15.0. The average molecular weight is 372 g/mol. The lowest BCUT2D eigenvalue weighted by Gasteiger charge is -2.38. The number of carbonyl (C=O) groups is 2. The summed E-state index contributed by atoms with van der Waals surface area (Å²) in [4.78, 5) is 28.5. The van der Waals surface area contributed by atoms with Crippen LogP contribution in [0.3, 0.4) is 0 Å². The Morgan fingerprint density at radius 1 is 1.16 bits per heavy atom. The highest BCUT2D eigenvalue weighted by Gasteiger charge is 2.45. The fourth-order valence-electron chi connectivity index (χ4n) is 4.38. The zero-order valence-electron chi connectivity index (χ0n) is 14.2. The van der Waals surface area contributed by atoms with E-state index in [-0.39, 0.29) is 41.7 Å². The van der Waals surface area contributed by atoms with E-state index in [4.69, 9.17) is 9.47 Å². The standard InChI is InChI=1S/C16H24N2O6S/c19-14-9-12(10-18(14)13-1-8-25(21,22)11-13)15(20)17-4-2-16(3-5-17)23-6-7-24-16/h12-13H,1-11H2. The molecule has 0 aromatic rings. The molecule has 2 atom stereocenters. The number of ether oxygens (including phenoxy) is 2. The van der Waals surface area contributed by atoms with Gasteiger partial charge in [-0.25, -0.2) is 8.42 Å². The number of hydrogen-bond acceptors (Lipinski definition) is 6. The fraction of sp³-hybridized carbons (Fsp3) is 0.875. The first-order chi connectivity index (χ1) is 11.9. The van der Waals surface area contributed by atoms with E-state index in [1.54, 1.807) is 9.80 Å². The number of sulfone groups is 1. The van der Waals surface area contributed by atoms with Gasteiger partial charge in [0.25, 0.3) is 0 Å². The molecule has 0 aromatic carbocycles. The molecule has 2 amide bonds. The zero-order chi connectivity index (χ0) is 17.7. The summed E-state index contributed by atoms with van der Waals surface area (Å²) in [5.74, 6) is -0.836. The van der Waals surface area contributed by atoms with Gasteiger partial charge in [-0.15, -0.1) is 0 Å². The molecule has 4 aliphatic heterocycles. The Morgan fingerprint density at radius 2 is 1.84 bits per heavy atom. The Hall–Kier alpha value is -1.19. The summed E-state index contributed by atoms with van der Waals surface area (Å²) < 4.78 is 34.7. The SMILES string of the molecule is O=C(C1CC(=O)N(C2CCS(=O)(=O)C2)C1)N1CCC2(CC1)OCCO2. The second-order valence-corrected chi connectivity index (χ2v) is 9.67. The van der Waals surface area contributed by atoms with E-state index in [1.165, 1.54) is 0 Å². The van der Waals surface area contributed by atoms with Gasteiger partial charge in [0, 0.05) is 44.9 Å². The number of rotatable bonds is 2. The van der Waals surface area contributed by atoms with E-state index in [0.29, 0.717) is 52.1 Å². The third-order valence-electron chi connectivity index (χ3n) is 5.81. The quantitative estimate of drug-likeness (QED) is 0.642.